The van der Waals surface area contributed by atoms with E-state index in [-0.39, 0.29) is 10.2 Å². The third kappa shape index (κ3) is 1.17. The van der Waals surface area contributed by atoms with Gasteiger partial charge in [0.25, 0.3) is 0 Å². The molecule has 0 aromatic heterocycles. The number of terminal acetylenes is 1. The van der Waals surface area contributed by atoms with Crippen molar-refractivity contribution in [3.8, 4) is 12.3 Å². The van der Waals surface area contributed by atoms with E-state index < -0.39 is 0 Å². The second kappa shape index (κ2) is 2.64. The van der Waals surface area contributed by atoms with Crippen LogP contribution in [-0.4, -0.2) is 4.32 Å². The van der Waals surface area contributed by atoms with Crippen LogP contribution in [0.5, 0.6) is 0 Å². The third-order valence-corrected chi connectivity index (χ3v) is 2.64. The van der Waals surface area contributed by atoms with Gasteiger partial charge >= 0.3 is 0 Å². The van der Waals surface area contributed by atoms with E-state index in [1.165, 1.54) is 0 Å². The van der Waals surface area contributed by atoms with Gasteiger partial charge in [-0.25, -0.2) is 0 Å². The molecule has 0 heterocycles. The predicted molar refractivity (Wildman–Crippen MR) is 47.6 cm³/mol. The maximum absolute atomic E-state index is 5.31. The fraction of sp³-hybridized carbons (Fsp3) is 0.222. The van der Waals surface area contributed by atoms with E-state index in [0.717, 1.165) is 0 Å². The molecule has 0 amide bonds. The highest BCUT2D eigenvalue weighted by atomic mass is 79.9. The highest BCUT2D eigenvalue weighted by Gasteiger charge is 2.27. The first-order valence-corrected chi connectivity index (χ1v) is 3.84. The number of alkyl halides is 1. The van der Waals surface area contributed by atoms with Crippen LogP contribution >= 0.6 is 15.9 Å². The molecule has 10 heavy (non-hydrogen) atoms. The van der Waals surface area contributed by atoms with E-state index in [0.29, 0.717) is 0 Å². The predicted octanol–water partition coefficient (Wildman–Crippen LogP) is 2.33. The van der Waals surface area contributed by atoms with Crippen molar-refractivity contribution in [3.05, 3.63) is 31.2 Å². The van der Waals surface area contributed by atoms with Crippen LogP contribution in [0, 0.1) is 25.2 Å². The minimum absolute atomic E-state index is 0.127. The number of allylic oxidation sites excluding steroid dienone is 4. The summed E-state index contributed by atoms with van der Waals surface area (Å²) in [5.74, 6) is 2.77. The van der Waals surface area contributed by atoms with Gasteiger partial charge in [0.05, 0.1) is 0 Å². The summed E-state index contributed by atoms with van der Waals surface area (Å²) in [6.07, 6.45) is 13.1. The van der Waals surface area contributed by atoms with Gasteiger partial charge in [0, 0.05) is 5.92 Å². The number of halogens is 1. The van der Waals surface area contributed by atoms with E-state index in [4.69, 9.17) is 6.42 Å². The molecule has 2 unspecified atom stereocenters. The molecule has 51 valence electrons. The molecule has 2 atom stereocenters. The monoisotopic (exact) mass is 195 g/mol. The molecule has 0 aliphatic heterocycles. The number of hydrogen-bond acceptors (Lipinski definition) is 0. The lowest BCUT2D eigenvalue weighted by Crippen LogP contribution is -2.24. The normalized spacial score (nSPS) is 37.5. The van der Waals surface area contributed by atoms with Gasteiger partial charge in [0.15, 0.2) is 0 Å². The lowest BCUT2D eigenvalue weighted by Gasteiger charge is -2.24. The molecule has 0 N–H and O–H groups in total. The van der Waals surface area contributed by atoms with Gasteiger partial charge in [0.2, 0.25) is 0 Å². The van der Waals surface area contributed by atoms with E-state index in [9.17, 15) is 0 Å². The molecule has 1 aliphatic rings. The van der Waals surface area contributed by atoms with Crippen LogP contribution in [0.4, 0.5) is 0 Å². The van der Waals surface area contributed by atoms with Gasteiger partial charge in [-0.1, -0.05) is 46.2 Å². The van der Waals surface area contributed by atoms with Crippen LogP contribution in [0.3, 0.4) is 0 Å². The summed E-state index contributed by atoms with van der Waals surface area (Å²) in [5.41, 5.74) is 0. The SMILES string of the molecule is C#CC1(Br)C=CC=CC1[CH2]. The highest BCUT2D eigenvalue weighted by Crippen LogP contribution is 2.31. The summed E-state index contributed by atoms with van der Waals surface area (Å²) in [7, 11) is 0. The molecule has 0 fully saturated rings. The van der Waals surface area contributed by atoms with Crippen LogP contribution in [0.2, 0.25) is 0 Å². The zero-order valence-electron chi connectivity index (χ0n) is 5.55. The summed E-state index contributed by atoms with van der Waals surface area (Å²) < 4.78 is -0.359. The Kier molecular flexibility index (Phi) is 2.01. The fourth-order valence-electron chi connectivity index (χ4n) is 0.813. The van der Waals surface area contributed by atoms with Gasteiger partial charge in [-0.3, -0.25) is 0 Å². The smallest absolute Gasteiger partial charge is 0.110 e. The van der Waals surface area contributed by atoms with E-state index in [2.05, 4.69) is 28.8 Å². The van der Waals surface area contributed by atoms with Crippen molar-refractivity contribution >= 4 is 15.9 Å². The van der Waals surface area contributed by atoms with Crippen molar-refractivity contribution in [2.24, 2.45) is 5.92 Å². The van der Waals surface area contributed by atoms with Gasteiger partial charge in [-0.05, 0) is 6.92 Å². The molecule has 0 spiro atoms. The summed E-state index contributed by atoms with van der Waals surface area (Å²) >= 11 is 3.42. The Hall–Kier alpha value is -0.480. The Bertz CT molecular complexity index is 219. The maximum Gasteiger partial charge on any atom is 0.110 e. The van der Waals surface area contributed by atoms with Crippen molar-refractivity contribution in [3.63, 3.8) is 0 Å². The van der Waals surface area contributed by atoms with Gasteiger partial charge in [-0.15, -0.1) is 6.42 Å². The molecule has 0 bridgehead atoms. The summed E-state index contributed by atoms with van der Waals surface area (Å²) in [5, 5.41) is 0. The third-order valence-electron chi connectivity index (χ3n) is 1.55. The lowest BCUT2D eigenvalue weighted by molar-refractivity contribution is 0.747. The zero-order chi connectivity index (χ0) is 7.61. The second-order valence-electron chi connectivity index (χ2n) is 2.26. The van der Waals surface area contributed by atoms with Gasteiger partial charge in [-0.2, -0.15) is 0 Å². The van der Waals surface area contributed by atoms with E-state index in [1.54, 1.807) is 0 Å². The molecule has 1 radical (unpaired) electrons. The average Bonchev–Trinajstić information content (AvgIpc) is 1.96. The number of rotatable bonds is 0. The van der Waals surface area contributed by atoms with E-state index >= 15 is 0 Å². The highest BCUT2D eigenvalue weighted by molar-refractivity contribution is 9.10. The summed E-state index contributed by atoms with van der Waals surface area (Å²) in [6, 6.07) is 0. The van der Waals surface area contributed by atoms with Crippen LogP contribution in [-0.2, 0) is 0 Å². The first-order valence-electron chi connectivity index (χ1n) is 3.05. The molecule has 0 saturated heterocycles. The van der Waals surface area contributed by atoms with Crippen LogP contribution < -0.4 is 0 Å². The Balaban J connectivity index is 2.91. The van der Waals surface area contributed by atoms with Crippen molar-refractivity contribution in [2.75, 3.05) is 0 Å². The molecule has 1 heteroatoms. The minimum Gasteiger partial charge on any atom is -0.118 e. The Morgan fingerprint density at radius 2 is 2.30 bits per heavy atom. The first-order chi connectivity index (χ1) is 4.69. The van der Waals surface area contributed by atoms with Crippen molar-refractivity contribution in [2.45, 2.75) is 4.32 Å². The standard InChI is InChI=1S/C9H8Br/c1-3-9(10)7-5-4-6-8(9)2/h1,4-8H,2H2. The lowest BCUT2D eigenvalue weighted by atomic mass is 9.91. The molecule has 0 aromatic carbocycles. The largest absolute Gasteiger partial charge is 0.118 e. The average molecular weight is 196 g/mol. The molecular formula is C9H8Br. The van der Waals surface area contributed by atoms with Crippen molar-refractivity contribution < 1.29 is 0 Å². The molecule has 0 aromatic rings. The Labute approximate surface area is 70.1 Å². The molecule has 1 aliphatic carbocycles. The Morgan fingerprint density at radius 1 is 1.60 bits per heavy atom. The van der Waals surface area contributed by atoms with E-state index in [1.807, 2.05) is 24.3 Å². The summed E-state index contributed by atoms with van der Waals surface area (Å²) in [4.78, 5) is 0. The molecule has 0 saturated carbocycles. The van der Waals surface area contributed by atoms with Crippen molar-refractivity contribution in [1.82, 2.24) is 0 Å². The molecule has 1 rings (SSSR count). The minimum atomic E-state index is -0.359. The van der Waals surface area contributed by atoms with Crippen LogP contribution in [0.15, 0.2) is 24.3 Å². The second-order valence-corrected chi connectivity index (χ2v) is 3.58. The van der Waals surface area contributed by atoms with Crippen molar-refractivity contribution in [1.29, 1.82) is 0 Å². The molecular weight excluding hydrogens is 188 g/mol. The first kappa shape index (κ1) is 7.63. The maximum atomic E-state index is 5.31. The zero-order valence-corrected chi connectivity index (χ0v) is 7.14. The topological polar surface area (TPSA) is 0 Å². The van der Waals surface area contributed by atoms with Gasteiger partial charge in [0.1, 0.15) is 4.32 Å². The van der Waals surface area contributed by atoms with Crippen LogP contribution in [0.1, 0.15) is 0 Å². The molecule has 0 nitrogen and oxygen atoms in total. The quantitative estimate of drug-likeness (QED) is 0.412. The fourth-order valence-corrected chi connectivity index (χ4v) is 1.12. The van der Waals surface area contributed by atoms with Gasteiger partial charge < -0.3 is 0 Å². The van der Waals surface area contributed by atoms with Crippen LogP contribution in [0.25, 0.3) is 0 Å². The Morgan fingerprint density at radius 3 is 2.70 bits per heavy atom. The number of hydrogen-bond donors (Lipinski definition) is 0. The summed E-state index contributed by atoms with van der Waals surface area (Å²) in [6.45, 7) is 3.89.